The SMILES string of the molecule is CCCC1=C2[C@@H](CC/C(=C/c3ccc(O)cc3Cl)c3ccccn3)OB(O)C[C@@H]2[C@@H]2C(=O)N(C3CCN(Cc4ccccc4)CC3)C(=O)[C@@H]2C1. The van der Waals surface area contributed by atoms with E-state index in [1.807, 2.05) is 30.3 Å². The number of rotatable bonds is 10. The number of carbonyl (C=O) groups is 2. The van der Waals surface area contributed by atoms with Crippen molar-refractivity contribution in [1.82, 2.24) is 14.8 Å². The lowest BCUT2D eigenvalue weighted by molar-refractivity contribution is -0.144. The molecule has 3 aliphatic heterocycles. The molecule has 3 fully saturated rings. The van der Waals surface area contributed by atoms with Crippen LogP contribution in [0.1, 0.15) is 68.7 Å². The van der Waals surface area contributed by atoms with E-state index >= 15 is 0 Å². The summed E-state index contributed by atoms with van der Waals surface area (Å²) >= 11 is 6.50. The first-order chi connectivity index (χ1) is 24.3. The van der Waals surface area contributed by atoms with Gasteiger partial charge in [0.1, 0.15) is 5.75 Å². The van der Waals surface area contributed by atoms with Gasteiger partial charge in [0.25, 0.3) is 0 Å². The number of likely N-dealkylation sites (tertiary alicyclic amines) is 2. The minimum atomic E-state index is -1.03. The van der Waals surface area contributed by atoms with Crippen molar-refractivity contribution in [2.45, 2.75) is 76.9 Å². The second-order valence-corrected chi connectivity index (χ2v) is 14.6. The molecule has 0 spiro atoms. The Balaban J connectivity index is 1.12. The van der Waals surface area contributed by atoms with Gasteiger partial charge in [-0.3, -0.25) is 24.4 Å². The van der Waals surface area contributed by atoms with E-state index in [4.69, 9.17) is 16.3 Å². The van der Waals surface area contributed by atoms with E-state index in [1.165, 1.54) is 17.2 Å². The number of piperidine rings is 1. The first kappa shape index (κ1) is 34.7. The summed E-state index contributed by atoms with van der Waals surface area (Å²) in [5, 5.41) is 21.5. The minimum Gasteiger partial charge on any atom is -0.508 e. The van der Waals surface area contributed by atoms with Gasteiger partial charge in [0.2, 0.25) is 11.8 Å². The maximum atomic E-state index is 14.4. The standard InChI is InChI=1S/C40H45BClN3O5/c1-2-8-29-22-32-38(40(48)45(39(32)47)30-16-19-44(20-17-30)25-26-9-4-3-5-10-26)33-24-41(49)50-36(37(29)33)15-13-28(35-11-6-7-18-43-35)21-27-12-14-31(46)23-34(27)42/h3-7,9-12,14,18,21,23,30,32-33,36,38,46,49H,2,8,13,15-17,19-20,22,24-25H2,1H3/b28-21-/t32-,33+,36-,38-/m1/s1. The fourth-order valence-electron chi connectivity index (χ4n) is 8.80. The van der Waals surface area contributed by atoms with Gasteiger partial charge in [-0.15, -0.1) is 0 Å². The summed E-state index contributed by atoms with van der Waals surface area (Å²) < 4.78 is 6.30. The number of carbonyl (C=O) groups excluding carboxylic acids is 2. The molecule has 3 aromatic rings. The lowest BCUT2D eigenvalue weighted by Gasteiger charge is -2.43. The normalized spacial score (nSPS) is 24.9. The van der Waals surface area contributed by atoms with E-state index in [0.717, 1.165) is 67.7 Å². The number of imide groups is 1. The van der Waals surface area contributed by atoms with E-state index in [1.54, 1.807) is 23.2 Å². The molecule has 0 bridgehead atoms. The van der Waals surface area contributed by atoms with Crippen LogP contribution < -0.4 is 0 Å². The van der Waals surface area contributed by atoms with Crippen molar-refractivity contribution < 1.29 is 24.4 Å². The van der Waals surface area contributed by atoms with Crippen molar-refractivity contribution in [3.05, 3.63) is 106 Å². The highest BCUT2D eigenvalue weighted by Crippen LogP contribution is 2.52. The smallest absolute Gasteiger partial charge is 0.455 e. The highest BCUT2D eigenvalue weighted by molar-refractivity contribution is 6.43. The molecular formula is C40H45BClN3O5. The Morgan fingerprint density at radius 2 is 1.82 bits per heavy atom. The number of allylic oxidation sites excluding steroid dienone is 2. The van der Waals surface area contributed by atoms with E-state index in [-0.39, 0.29) is 35.4 Å². The predicted octanol–water partition coefficient (Wildman–Crippen LogP) is 7.02. The minimum absolute atomic E-state index is 0.0298. The van der Waals surface area contributed by atoms with Gasteiger partial charge in [-0.2, -0.15) is 0 Å². The van der Waals surface area contributed by atoms with Gasteiger partial charge >= 0.3 is 7.12 Å². The van der Waals surface area contributed by atoms with Crippen molar-refractivity contribution >= 4 is 42.2 Å². The molecule has 2 aromatic carbocycles. The number of halogens is 1. The highest BCUT2D eigenvalue weighted by Gasteiger charge is 2.58. The lowest BCUT2D eigenvalue weighted by atomic mass is 9.58. The Bertz CT molecular complexity index is 1760. The molecule has 7 rings (SSSR count). The number of nitrogens with zero attached hydrogens (tertiary/aromatic N) is 3. The molecule has 50 heavy (non-hydrogen) atoms. The molecule has 1 aromatic heterocycles. The van der Waals surface area contributed by atoms with Crippen LogP contribution in [0, 0.1) is 17.8 Å². The summed E-state index contributed by atoms with van der Waals surface area (Å²) in [5.41, 5.74) is 6.11. The van der Waals surface area contributed by atoms with Crippen LogP contribution in [0.5, 0.6) is 5.75 Å². The molecule has 1 aliphatic carbocycles. The third-order valence-corrected chi connectivity index (χ3v) is 11.4. The van der Waals surface area contributed by atoms with Crippen molar-refractivity contribution in [2.24, 2.45) is 17.8 Å². The maximum Gasteiger partial charge on any atom is 0.455 e. The number of aromatic nitrogens is 1. The van der Waals surface area contributed by atoms with E-state index in [0.29, 0.717) is 30.6 Å². The molecular weight excluding hydrogens is 649 g/mol. The number of pyridine rings is 1. The van der Waals surface area contributed by atoms with E-state index in [9.17, 15) is 19.7 Å². The number of aromatic hydroxyl groups is 1. The molecule has 2 N–H and O–H groups in total. The summed E-state index contributed by atoms with van der Waals surface area (Å²) in [6.07, 6.45) is 8.68. The third-order valence-electron chi connectivity index (χ3n) is 11.0. The molecule has 0 radical (unpaired) electrons. The molecule has 3 saturated heterocycles. The van der Waals surface area contributed by atoms with Crippen molar-refractivity contribution in [3.63, 3.8) is 0 Å². The first-order valence-electron chi connectivity index (χ1n) is 18.1. The third kappa shape index (κ3) is 7.19. The van der Waals surface area contributed by atoms with Gasteiger partial charge < -0.3 is 14.8 Å². The zero-order valence-corrected chi connectivity index (χ0v) is 29.3. The largest absolute Gasteiger partial charge is 0.508 e. The number of fused-ring (bicyclic) bond motifs is 3. The molecule has 4 heterocycles. The molecule has 0 saturated carbocycles. The van der Waals surface area contributed by atoms with Crippen LogP contribution in [0.15, 0.2) is 84.1 Å². The van der Waals surface area contributed by atoms with Crippen LogP contribution in [0.4, 0.5) is 0 Å². The van der Waals surface area contributed by atoms with Crippen LogP contribution in [0.25, 0.3) is 11.6 Å². The molecule has 4 atom stereocenters. The van der Waals surface area contributed by atoms with Crippen LogP contribution in [-0.4, -0.2) is 69.1 Å². The zero-order valence-electron chi connectivity index (χ0n) is 28.6. The molecule has 8 nitrogen and oxygen atoms in total. The predicted molar refractivity (Wildman–Crippen MR) is 196 cm³/mol. The molecule has 10 heteroatoms. The van der Waals surface area contributed by atoms with Crippen LogP contribution in [-0.2, 0) is 20.8 Å². The summed E-state index contributed by atoms with van der Waals surface area (Å²) in [6, 6.07) is 21.0. The van der Waals surface area contributed by atoms with E-state index in [2.05, 4.69) is 41.1 Å². The Morgan fingerprint density at radius 3 is 2.54 bits per heavy atom. The van der Waals surface area contributed by atoms with Gasteiger partial charge in [0, 0.05) is 31.9 Å². The Labute approximate surface area is 299 Å². The van der Waals surface area contributed by atoms with E-state index < -0.39 is 19.1 Å². The monoisotopic (exact) mass is 693 g/mol. The highest BCUT2D eigenvalue weighted by atomic mass is 35.5. The van der Waals surface area contributed by atoms with Crippen molar-refractivity contribution in [1.29, 1.82) is 0 Å². The summed E-state index contributed by atoms with van der Waals surface area (Å²) in [5.74, 6) is -1.09. The summed E-state index contributed by atoms with van der Waals surface area (Å²) in [7, 11) is -1.03. The maximum absolute atomic E-state index is 14.4. The fraction of sp³-hybridized carbons (Fsp3) is 0.425. The Kier molecular flexibility index (Phi) is 10.6. The average Bonchev–Trinajstić information content (AvgIpc) is 3.37. The van der Waals surface area contributed by atoms with Gasteiger partial charge in [-0.1, -0.05) is 66.9 Å². The lowest BCUT2D eigenvalue weighted by Crippen LogP contribution is -2.48. The van der Waals surface area contributed by atoms with Crippen molar-refractivity contribution in [3.8, 4) is 5.75 Å². The summed E-state index contributed by atoms with van der Waals surface area (Å²) in [4.78, 5) is 37.1. The van der Waals surface area contributed by atoms with Gasteiger partial charge in [-0.05, 0) is 109 Å². The number of amides is 2. The molecule has 0 unspecified atom stereocenters. The first-order valence-corrected chi connectivity index (χ1v) is 18.5. The fourth-order valence-corrected chi connectivity index (χ4v) is 9.03. The Hall–Kier alpha value is -3.76. The average molecular weight is 694 g/mol. The quantitative estimate of drug-likeness (QED) is 0.134. The van der Waals surface area contributed by atoms with Crippen LogP contribution >= 0.6 is 11.6 Å². The number of hydrogen-bond donors (Lipinski definition) is 2. The Morgan fingerprint density at radius 1 is 1.04 bits per heavy atom. The van der Waals surface area contributed by atoms with Gasteiger partial charge in [0.05, 0.1) is 28.7 Å². The van der Waals surface area contributed by atoms with Gasteiger partial charge in [-0.25, -0.2) is 0 Å². The molecule has 260 valence electrons. The molecule has 2 amide bonds. The zero-order chi connectivity index (χ0) is 34.8. The number of benzene rings is 2. The number of hydrogen-bond acceptors (Lipinski definition) is 7. The second kappa shape index (κ2) is 15.2. The summed E-state index contributed by atoms with van der Waals surface area (Å²) in [6.45, 7) is 4.70. The number of phenolic OH excluding ortho intramolecular Hbond substituents is 1. The number of phenols is 1. The van der Waals surface area contributed by atoms with Crippen LogP contribution in [0.2, 0.25) is 11.3 Å². The second-order valence-electron chi connectivity index (χ2n) is 14.2. The van der Waals surface area contributed by atoms with Gasteiger partial charge in [0.15, 0.2) is 0 Å². The molecule has 4 aliphatic rings. The van der Waals surface area contributed by atoms with Crippen molar-refractivity contribution in [2.75, 3.05) is 13.1 Å². The van der Waals surface area contributed by atoms with Crippen LogP contribution in [0.3, 0.4) is 0 Å². The topological polar surface area (TPSA) is 103 Å².